The Kier molecular flexibility index (Phi) is 4.52. The molecule has 15 heavy (non-hydrogen) atoms. The van der Waals surface area contributed by atoms with E-state index in [4.69, 9.17) is 21.2 Å². The maximum Gasteiger partial charge on any atom is 0.377 e. The van der Waals surface area contributed by atoms with Gasteiger partial charge in [0, 0.05) is 18.9 Å². The van der Waals surface area contributed by atoms with Crippen LogP contribution in [0.4, 0.5) is 0 Å². The number of hydrogen-bond donors (Lipinski definition) is 2. The van der Waals surface area contributed by atoms with Gasteiger partial charge >= 0.3 is 6.72 Å². The Morgan fingerprint density at radius 1 is 1.53 bits per heavy atom. The fraction of sp³-hybridized carbons (Fsp3) is 0.250. The van der Waals surface area contributed by atoms with E-state index < -0.39 is 6.72 Å². The van der Waals surface area contributed by atoms with Crippen LogP contribution in [0, 0.1) is 0 Å². The van der Waals surface area contributed by atoms with E-state index in [2.05, 4.69) is 16.3 Å². The molecule has 0 aromatic heterocycles. The summed E-state index contributed by atoms with van der Waals surface area (Å²) in [6, 6.07) is 4.66. The van der Waals surface area contributed by atoms with Crippen LogP contribution in [-0.2, 0) is 22.9 Å². The minimum atomic E-state index is -3.26. The Labute approximate surface area is 97.7 Å². The SMILES string of the molecule is COP(O)(=S)Oc1ccc(CO)cc1Cl. The first-order chi connectivity index (χ1) is 6.98. The molecule has 0 bridgehead atoms. The first-order valence-corrected chi connectivity index (χ1v) is 6.93. The molecule has 1 rings (SSSR count). The molecule has 2 N–H and O–H groups in total. The lowest BCUT2D eigenvalue weighted by atomic mass is 10.2. The maximum atomic E-state index is 9.40. The highest BCUT2D eigenvalue weighted by atomic mass is 35.5. The van der Waals surface area contributed by atoms with Crippen molar-refractivity contribution >= 4 is 30.1 Å². The van der Waals surface area contributed by atoms with Gasteiger partial charge in [-0.25, -0.2) is 0 Å². The molecule has 0 aliphatic heterocycles. The second kappa shape index (κ2) is 5.25. The second-order valence-electron chi connectivity index (χ2n) is 2.67. The van der Waals surface area contributed by atoms with Gasteiger partial charge in [-0.2, -0.15) is 0 Å². The minimum absolute atomic E-state index is 0.114. The predicted octanol–water partition coefficient (Wildman–Crippen LogP) is 2.07. The van der Waals surface area contributed by atoms with E-state index in [1.54, 1.807) is 6.07 Å². The summed E-state index contributed by atoms with van der Waals surface area (Å²) < 4.78 is 9.63. The summed E-state index contributed by atoms with van der Waals surface area (Å²) >= 11 is 10.5. The molecule has 7 heteroatoms. The highest BCUT2D eigenvalue weighted by Gasteiger charge is 2.16. The number of halogens is 1. The van der Waals surface area contributed by atoms with Gasteiger partial charge in [0.1, 0.15) is 5.75 Å². The summed E-state index contributed by atoms with van der Waals surface area (Å²) in [7, 11) is 1.26. The average Bonchev–Trinajstić information content (AvgIpc) is 2.21. The van der Waals surface area contributed by atoms with Gasteiger partial charge in [-0.15, -0.1) is 0 Å². The first kappa shape index (κ1) is 12.9. The normalized spacial score (nSPS) is 14.7. The lowest BCUT2D eigenvalue weighted by molar-refractivity contribution is 0.281. The van der Waals surface area contributed by atoms with Crippen LogP contribution in [0.25, 0.3) is 0 Å². The van der Waals surface area contributed by atoms with Crippen LogP contribution in [0.1, 0.15) is 5.56 Å². The van der Waals surface area contributed by atoms with Gasteiger partial charge in [0.2, 0.25) is 0 Å². The molecule has 0 amide bonds. The van der Waals surface area contributed by atoms with E-state index in [1.807, 2.05) is 0 Å². The lowest BCUT2D eigenvalue weighted by Gasteiger charge is -2.15. The molecule has 0 heterocycles. The average molecular weight is 269 g/mol. The number of aliphatic hydroxyl groups excluding tert-OH is 1. The predicted molar refractivity (Wildman–Crippen MR) is 61.5 cm³/mol. The molecule has 1 atom stereocenters. The van der Waals surface area contributed by atoms with Crippen molar-refractivity contribution in [3.8, 4) is 5.75 Å². The molecule has 0 aliphatic carbocycles. The van der Waals surface area contributed by atoms with Crippen LogP contribution in [0.3, 0.4) is 0 Å². The molecule has 4 nitrogen and oxygen atoms in total. The van der Waals surface area contributed by atoms with E-state index in [0.717, 1.165) is 0 Å². The van der Waals surface area contributed by atoms with Crippen molar-refractivity contribution in [1.29, 1.82) is 0 Å². The molecule has 1 aromatic carbocycles. The van der Waals surface area contributed by atoms with E-state index in [0.29, 0.717) is 5.56 Å². The third-order valence-corrected chi connectivity index (χ3v) is 3.48. The topological polar surface area (TPSA) is 58.9 Å². The zero-order chi connectivity index (χ0) is 11.5. The standard InChI is InChI=1S/C8H10ClO4PS/c1-12-14(11,15)13-8-3-2-6(5-10)4-7(8)9/h2-4,10H,5H2,1H3,(H,11,15). The zero-order valence-electron chi connectivity index (χ0n) is 7.88. The van der Waals surface area contributed by atoms with Crippen molar-refractivity contribution in [3.05, 3.63) is 28.8 Å². The Hall–Kier alpha value is -0.160. The maximum absolute atomic E-state index is 9.40. The first-order valence-electron chi connectivity index (χ1n) is 3.96. The Morgan fingerprint density at radius 2 is 2.20 bits per heavy atom. The summed E-state index contributed by atoms with van der Waals surface area (Å²) in [5.41, 5.74) is 0.649. The van der Waals surface area contributed by atoms with Gasteiger partial charge in [-0.1, -0.05) is 17.7 Å². The van der Waals surface area contributed by atoms with Crippen LogP contribution < -0.4 is 4.52 Å². The van der Waals surface area contributed by atoms with Gasteiger partial charge in [0.25, 0.3) is 0 Å². The Morgan fingerprint density at radius 3 is 2.67 bits per heavy atom. The third-order valence-electron chi connectivity index (χ3n) is 1.62. The highest BCUT2D eigenvalue weighted by molar-refractivity contribution is 8.07. The highest BCUT2D eigenvalue weighted by Crippen LogP contribution is 2.45. The third kappa shape index (κ3) is 3.72. The molecule has 0 saturated heterocycles. The van der Waals surface area contributed by atoms with Crippen LogP contribution in [0.5, 0.6) is 5.75 Å². The fourth-order valence-electron chi connectivity index (χ4n) is 0.878. The van der Waals surface area contributed by atoms with E-state index in [-0.39, 0.29) is 17.4 Å². The van der Waals surface area contributed by atoms with Gasteiger partial charge < -0.3 is 19.0 Å². The number of rotatable bonds is 4. The monoisotopic (exact) mass is 268 g/mol. The van der Waals surface area contributed by atoms with Crippen molar-refractivity contribution in [2.24, 2.45) is 0 Å². The second-order valence-corrected chi connectivity index (χ2v) is 5.94. The van der Waals surface area contributed by atoms with E-state index >= 15 is 0 Å². The summed E-state index contributed by atoms with van der Waals surface area (Å²) in [6.07, 6.45) is 0. The van der Waals surface area contributed by atoms with Gasteiger partial charge in [0.05, 0.1) is 11.6 Å². The zero-order valence-corrected chi connectivity index (χ0v) is 10.4. The van der Waals surface area contributed by atoms with Gasteiger partial charge in [-0.3, -0.25) is 0 Å². The summed E-state index contributed by atoms with van der Waals surface area (Å²) in [6.45, 7) is -3.37. The van der Waals surface area contributed by atoms with Crippen molar-refractivity contribution in [2.45, 2.75) is 6.61 Å². The number of benzene rings is 1. The van der Waals surface area contributed by atoms with Crippen molar-refractivity contribution in [1.82, 2.24) is 0 Å². The van der Waals surface area contributed by atoms with Gasteiger partial charge in [-0.05, 0) is 17.7 Å². The van der Waals surface area contributed by atoms with Crippen LogP contribution in [0.2, 0.25) is 5.02 Å². The van der Waals surface area contributed by atoms with Crippen molar-refractivity contribution in [3.63, 3.8) is 0 Å². The van der Waals surface area contributed by atoms with E-state index in [9.17, 15) is 4.89 Å². The molecule has 84 valence electrons. The molecule has 0 radical (unpaired) electrons. The molecular weight excluding hydrogens is 259 g/mol. The van der Waals surface area contributed by atoms with Crippen LogP contribution in [0.15, 0.2) is 18.2 Å². The minimum Gasteiger partial charge on any atom is -0.423 e. The summed E-state index contributed by atoms with van der Waals surface area (Å²) in [5.74, 6) is 0.238. The number of aliphatic hydroxyl groups is 1. The molecule has 0 spiro atoms. The fourth-order valence-corrected chi connectivity index (χ4v) is 1.90. The Balaban J connectivity index is 2.92. The van der Waals surface area contributed by atoms with Crippen LogP contribution >= 0.6 is 18.3 Å². The largest absolute Gasteiger partial charge is 0.423 e. The quantitative estimate of drug-likeness (QED) is 0.819. The number of hydrogen-bond acceptors (Lipinski definition) is 4. The molecule has 1 aromatic rings. The summed E-state index contributed by atoms with van der Waals surface area (Å²) in [5, 5.41) is 9.11. The molecule has 1 unspecified atom stereocenters. The lowest BCUT2D eigenvalue weighted by Crippen LogP contribution is -1.94. The van der Waals surface area contributed by atoms with Crippen LogP contribution in [-0.4, -0.2) is 17.1 Å². The van der Waals surface area contributed by atoms with E-state index in [1.165, 1.54) is 19.2 Å². The molecule has 0 fully saturated rings. The smallest absolute Gasteiger partial charge is 0.377 e. The molecular formula is C8H10ClO4PS. The molecule has 0 aliphatic rings. The van der Waals surface area contributed by atoms with Crippen molar-refractivity contribution in [2.75, 3.05) is 7.11 Å². The summed E-state index contributed by atoms with van der Waals surface area (Å²) in [4.78, 5) is 9.40. The van der Waals surface area contributed by atoms with Crippen molar-refractivity contribution < 1.29 is 19.0 Å². The molecule has 0 saturated carbocycles. The van der Waals surface area contributed by atoms with Gasteiger partial charge in [0.15, 0.2) is 0 Å². The Bertz CT molecular complexity index is 398.